The van der Waals surface area contributed by atoms with E-state index in [-0.39, 0.29) is 25.7 Å². The smallest absolute Gasteiger partial charge is 0.462 e. The van der Waals surface area contributed by atoms with E-state index in [1.807, 2.05) is 0 Å². The van der Waals surface area contributed by atoms with Gasteiger partial charge < -0.3 is 33.8 Å². The number of rotatable bonds is 77. The number of carbonyl (C=O) groups excluding carboxylic acids is 4. The van der Waals surface area contributed by atoms with Crippen molar-refractivity contribution in [2.24, 2.45) is 0 Å². The normalized spacial score (nSPS) is 14.3. The molecule has 0 aromatic heterocycles. The number of aliphatic hydroxyl groups excluding tert-OH is 1. The number of aliphatic hydroxyl groups is 1. The van der Waals surface area contributed by atoms with E-state index < -0.39 is 97.5 Å². The van der Waals surface area contributed by atoms with E-state index in [0.29, 0.717) is 25.7 Å². The monoisotopic (exact) mass is 1480 g/mol. The van der Waals surface area contributed by atoms with Crippen molar-refractivity contribution in [2.75, 3.05) is 39.6 Å². The second-order valence-corrected chi connectivity index (χ2v) is 30.2. The molecule has 19 heteroatoms. The Morgan fingerprint density at radius 1 is 0.284 bits per heavy atom. The molecule has 0 spiro atoms. The largest absolute Gasteiger partial charge is 0.472 e. The van der Waals surface area contributed by atoms with Gasteiger partial charge in [0, 0.05) is 25.7 Å². The highest BCUT2D eigenvalue weighted by atomic mass is 31.2. The summed E-state index contributed by atoms with van der Waals surface area (Å²) in [5.74, 6) is -2.20. The number of hydrogen-bond acceptors (Lipinski definition) is 15. The van der Waals surface area contributed by atoms with Gasteiger partial charge >= 0.3 is 39.5 Å². The number of carbonyl (C=O) groups is 4. The summed E-state index contributed by atoms with van der Waals surface area (Å²) in [6, 6.07) is 0. The van der Waals surface area contributed by atoms with Crippen LogP contribution in [-0.2, 0) is 65.4 Å². The number of ether oxygens (including phenoxy) is 4. The predicted octanol–water partition coefficient (Wildman–Crippen LogP) is 23.8. The van der Waals surface area contributed by atoms with Gasteiger partial charge in [-0.2, -0.15) is 0 Å². The zero-order valence-electron chi connectivity index (χ0n) is 64.8. The Kier molecular flexibility index (Phi) is 72.7. The van der Waals surface area contributed by atoms with Crippen molar-refractivity contribution in [3.63, 3.8) is 0 Å². The van der Waals surface area contributed by atoms with Crippen LogP contribution in [0.2, 0.25) is 0 Å². The van der Waals surface area contributed by atoms with Gasteiger partial charge in [0.15, 0.2) is 12.2 Å². The maximum atomic E-state index is 13.1. The van der Waals surface area contributed by atoms with E-state index >= 15 is 0 Å². The average Bonchev–Trinajstić information content (AvgIpc) is 0.924. The lowest BCUT2D eigenvalue weighted by Gasteiger charge is -2.21. The van der Waals surface area contributed by atoms with E-state index in [2.05, 4.69) is 113 Å². The third-order valence-corrected chi connectivity index (χ3v) is 19.2. The first-order valence-electron chi connectivity index (χ1n) is 40.8. The Morgan fingerprint density at radius 3 is 0.804 bits per heavy atom. The molecule has 0 aliphatic rings. The Hall–Kier alpha value is -3.76. The summed E-state index contributed by atoms with van der Waals surface area (Å²) in [6.45, 7) is 4.75. The molecule has 0 aromatic carbocycles. The maximum Gasteiger partial charge on any atom is 0.472 e. The highest BCUT2D eigenvalue weighted by Gasteiger charge is 2.30. The van der Waals surface area contributed by atoms with Crippen LogP contribution in [0, 0.1) is 0 Å². The second kappa shape index (κ2) is 75.5. The molecule has 0 rings (SSSR count). The van der Waals surface area contributed by atoms with Gasteiger partial charge in [-0.3, -0.25) is 37.3 Å². The first-order valence-corrected chi connectivity index (χ1v) is 43.8. The van der Waals surface area contributed by atoms with Crippen LogP contribution in [0.1, 0.15) is 362 Å². The standard InChI is InChI=1S/C83H148O17P2/c1-5-9-13-17-21-25-29-33-36-37-38-39-42-46-50-54-58-62-66-70-83(88)100-78(73-93-80(85)67-63-59-55-51-47-43-32-28-24-20-16-12-8-4)75-97-101(89,90)95-71-77(84)72-96-102(91,92)98-76-79(99-82(87)69-65-61-57-53-49-45-41-35-31-27-23-19-15-11-7-3)74-94-81(86)68-64-60-56-52-48-44-40-34-30-26-22-18-14-10-6-2/h9,13,21,25,33-36,38-41,46,50,77-79,84H,5-8,10-12,14-20,22-24,26-32,37,42-45,47-49,51-76H2,1-4H3,(H,89,90)(H,91,92)/b13-9-,25-21-,36-33-,39-38-,40-34-,41-35-,50-46-/t77-,78+,79+/m0/s1. The molecule has 0 aromatic rings. The summed E-state index contributed by atoms with van der Waals surface area (Å²) in [5.41, 5.74) is 0. The van der Waals surface area contributed by atoms with Crippen LogP contribution < -0.4 is 0 Å². The minimum Gasteiger partial charge on any atom is -0.462 e. The lowest BCUT2D eigenvalue weighted by molar-refractivity contribution is -0.161. The number of esters is 4. The molecule has 3 N–H and O–H groups in total. The lowest BCUT2D eigenvalue weighted by Crippen LogP contribution is -2.30. The van der Waals surface area contributed by atoms with Gasteiger partial charge in [-0.25, -0.2) is 9.13 Å². The van der Waals surface area contributed by atoms with Gasteiger partial charge in [-0.15, -0.1) is 0 Å². The van der Waals surface area contributed by atoms with Crippen molar-refractivity contribution >= 4 is 39.5 Å². The number of phosphoric acid groups is 2. The number of unbranched alkanes of at least 4 members (excludes halogenated alkanes) is 37. The van der Waals surface area contributed by atoms with Gasteiger partial charge in [-0.05, 0) is 122 Å². The third kappa shape index (κ3) is 74.5. The van der Waals surface area contributed by atoms with E-state index in [0.717, 1.165) is 148 Å². The molecule has 0 saturated heterocycles. The van der Waals surface area contributed by atoms with Crippen molar-refractivity contribution in [1.82, 2.24) is 0 Å². The molecular weight excluding hydrogens is 1330 g/mol. The van der Waals surface area contributed by atoms with E-state index in [9.17, 15) is 43.2 Å². The topological polar surface area (TPSA) is 237 Å². The second-order valence-electron chi connectivity index (χ2n) is 27.3. The van der Waals surface area contributed by atoms with Crippen LogP contribution in [0.3, 0.4) is 0 Å². The molecule has 5 atom stereocenters. The molecule has 0 fully saturated rings. The lowest BCUT2D eigenvalue weighted by atomic mass is 10.0. The van der Waals surface area contributed by atoms with Crippen LogP contribution in [0.4, 0.5) is 0 Å². The summed E-state index contributed by atoms with van der Waals surface area (Å²) in [5, 5.41) is 10.6. The molecule has 17 nitrogen and oxygen atoms in total. The summed E-state index contributed by atoms with van der Waals surface area (Å²) in [7, 11) is -9.96. The molecule has 0 bridgehead atoms. The first-order chi connectivity index (χ1) is 49.7. The molecule has 0 radical (unpaired) electrons. The Bertz CT molecular complexity index is 2260. The first kappa shape index (κ1) is 98.2. The van der Waals surface area contributed by atoms with E-state index in [1.54, 1.807) is 0 Å². The molecule has 592 valence electrons. The minimum absolute atomic E-state index is 0.0582. The fraction of sp³-hybridized carbons (Fsp3) is 0.783. The molecule has 2 unspecified atom stereocenters. The molecule has 0 aliphatic heterocycles. The molecule has 0 aliphatic carbocycles. The zero-order chi connectivity index (χ0) is 74.6. The van der Waals surface area contributed by atoms with Crippen LogP contribution in [0.15, 0.2) is 85.1 Å². The maximum absolute atomic E-state index is 13.1. The number of phosphoric ester groups is 2. The number of hydrogen-bond donors (Lipinski definition) is 3. The van der Waals surface area contributed by atoms with Crippen molar-refractivity contribution in [2.45, 2.75) is 380 Å². The summed E-state index contributed by atoms with van der Waals surface area (Å²) < 4.78 is 68.6. The third-order valence-electron chi connectivity index (χ3n) is 17.3. The van der Waals surface area contributed by atoms with Gasteiger partial charge in [0.1, 0.15) is 19.3 Å². The minimum atomic E-state index is -4.98. The average molecular weight is 1480 g/mol. The predicted molar refractivity (Wildman–Crippen MR) is 418 cm³/mol. The highest BCUT2D eigenvalue weighted by Crippen LogP contribution is 2.45. The SMILES string of the molecule is CC/C=C\C/C=C\C/C=C\C/C=C\C/C=C\CCCCCC(=O)O[C@H](COC(=O)CCCCCCCCCCCCCCC)COP(=O)(O)OC[C@H](O)COP(=O)(O)OC[C@@H](COC(=O)CCCCCCC/C=C\CCCCCCCC)OC(=O)CCCCCCC/C=C\CCCCCCCC. The molecular formula is C83H148O17P2. The Morgan fingerprint density at radius 2 is 0.510 bits per heavy atom. The molecule has 0 saturated carbocycles. The molecule has 0 heterocycles. The van der Waals surface area contributed by atoms with E-state index in [1.165, 1.54) is 135 Å². The Balaban J connectivity index is 5.38. The highest BCUT2D eigenvalue weighted by molar-refractivity contribution is 7.47. The summed E-state index contributed by atoms with van der Waals surface area (Å²) in [6.07, 6.45) is 78.4. The van der Waals surface area contributed by atoms with Gasteiger partial charge in [-0.1, -0.05) is 299 Å². The molecule has 102 heavy (non-hydrogen) atoms. The fourth-order valence-electron chi connectivity index (χ4n) is 11.1. The quantitative estimate of drug-likeness (QED) is 0.0169. The van der Waals surface area contributed by atoms with Crippen LogP contribution in [-0.4, -0.2) is 96.7 Å². The summed E-state index contributed by atoms with van der Waals surface area (Å²) in [4.78, 5) is 73.0. The van der Waals surface area contributed by atoms with Crippen molar-refractivity contribution in [3.8, 4) is 0 Å². The van der Waals surface area contributed by atoms with Crippen molar-refractivity contribution in [3.05, 3.63) is 85.1 Å². The van der Waals surface area contributed by atoms with Crippen LogP contribution >= 0.6 is 15.6 Å². The van der Waals surface area contributed by atoms with Crippen molar-refractivity contribution < 1.29 is 80.2 Å². The molecule has 0 amide bonds. The summed E-state index contributed by atoms with van der Waals surface area (Å²) >= 11 is 0. The Labute approximate surface area is 621 Å². The van der Waals surface area contributed by atoms with Gasteiger partial charge in [0.2, 0.25) is 0 Å². The van der Waals surface area contributed by atoms with Gasteiger partial charge in [0.05, 0.1) is 26.4 Å². The van der Waals surface area contributed by atoms with Gasteiger partial charge in [0.25, 0.3) is 0 Å². The van der Waals surface area contributed by atoms with Crippen LogP contribution in [0.25, 0.3) is 0 Å². The van der Waals surface area contributed by atoms with Crippen molar-refractivity contribution in [1.29, 1.82) is 0 Å². The van der Waals surface area contributed by atoms with Crippen LogP contribution in [0.5, 0.6) is 0 Å². The number of allylic oxidation sites excluding steroid dienone is 14. The zero-order valence-corrected chi connectivity index (χ0v) is 66.6. The van der Waals surface area contributed by atoms with E-state index in [4.69, 9.17) is 37.0 Å². The fourth-order valence-corrected chi connectivity index (χ4v) is 12.7.